The molecule has 1 aromatic heterocycles. The summed E-state index contributed by atoms with van der Waals surface area (Å²) in [6, 6.07) is 16.4. The maximum absolute atomic E-state index is 13.1. The van der Waals surface area contributed by atoms with Gasteiger partial charge in [0.25, 0.3) is 5.56 Å². The zero-order valence-electron chi connectivity index (χ0n) is 13.5. The molecule has 2 heterocycles. The zero-order valence-corrected chi connectivity index (χ0v) is 14.2. The Hall–Kier alpha value is -2.85. The summed E-state index contributed by atoms with van der Waals surface area (Å²) in [6.07, 6.45) is 0. The van der Waals surface area contributed by atoms with Crippen LogP contribution in [0, 0.1) is 0 Å². The molecule has 5 heteroatoms. The summed E-state index contributed by atoms with van der Waals surface area (Å²) in [5, 5.41) is 0.558. The highest BCUT2D eigenvalue weighted by Crippen LogP contribution is 2.36. The Labute approximate surface area is 149 Å². The number of rotatable bonds is 2. The van der Waals surface area contributed by atoms with Gasteiger partial charge in [-0.3, -0.25) is 4.79 Å². The van der Waals surface area contributed by atoms with Gasteiger partial charge in [-0.25, -0.2) is 4.79 Å². The Balaban J connectivity index is 2.05. The van der Waals surface area contributed by atoms with Crippen LogP contribution >= 0.6 is 11.6 Å². The van der Waals surface area contributed by atoms with Crippen LogP contribution in [0.2, 0.25) is 5.02 Å². The molecule has 1 aliphatic rings. The van der Waals surface area contributed by atoms with Crippen molar-refractivity contribution in [1.29, 1.82) is 0 Å². The second-order valence-corrected chi connectivity index (χ2v) is 6.31. The van der Waals surface area contributed by atoms with Crippen molar-refractivity contribution in [3.05, 3.63) is 81.1 Å². The van der Waals surface area contributed by atoms with E-state index >= 15 is 0 Å². The predicted octanol–water partition coefficient (Wildman–Crippen LogP) is 3.98. The van der Waals surface area contributed by atoms with Gasteiger partial charge in [0.15, 0.2) is 0 Å². The summed E-state index contributed by atoms with van der Waals surface area (Å²) >= 11 is 6.12. The van der Waals surface area contributed by atoms with Gasteiger partial charge in [-0.15, -0.1) is 0 Å². The number of methoxy groups -OCH3 is 1. The van der Waals surface area contributed by atoms with E-state index < -0.39 is 5.97 Å². The Bertz CT molecular complexity index is 1050. The van der Waals surface area contributed by atoms with Crippen LogP contribution in [-0.2, 0) is 11.3 Å². The number of benzene rings is 2. The highest BCUT2D eigenvalue weighted by molar-refractivity contribution is 6.31. The third-order valence-electron chi connectivity index (χ3n) is 4.43. The number of nitrogens with zero attached hydrogens (tertiary/aromatic N) is 1. The quantitative estimate of drug-likeness (QED) is 0.513. The molecule has 2 aromatic carbocycles. The van der Waals surface area contributed by atoms with Gasteiger partial charge in [0.2, 0.25) is 0 Å². The van der Waals surface area contributed by atoms with Crippen LogP contribution in [0.3, 0.4) is 0 Å². The Morgan fingerprint density at radius 3 is 2.56 bits per heavy atom. The SMILES string of the molecule is COC(=O)c1cc(-c2ccccc2)c(=O)n2c1-c1cc(Cl)ccc1C2. The van der Waals surface area contributed by atoms with Crippen molar-refractivity contribution in [3.63, 3.8) is 0 Å². The molecule has 0 amide bonds. The van der Waals surface area contributed by atoms with Gasteiger partial charge in [0.1, 0.15) is 0 Å². The molecule has 0 fully saturated rings. The molecule has 0 atom stereocenters. The molecule has 25 heavy (non-hydrogen) atoms. The van der Waals surface area contributed by atoms with Crippen molar-refractivity contribution in [2.24, 2.45) is 0 Å². The van der Waals surface area contributed by atoms with E-state index in [-0.39, 0.29) is 5.56 Å². The molecule has 1 aliphatic heterocycles. The number of halogens is 1. The normalized spacial score (nSPS) is 11.8. The summed E-state index contributed by atoms with van der Waals surface area (Å²) in [7, 11) is 1.33. The van der Waals surface area contributed by atoms with E-state index in [1.165, 1.54) is 7.11 Å². The summed E-state index contributed by atoms with van der Waals surface area (Å²) in [6.45, 7) is 0.408. The van der Waals surface area contributed by atoms with Gasteiger partial charge >= 0.3 is 5.97 Å². The minimum atomic E-state index is -0.478. The van der Waals surface area contributed by atoms with Gasteiger partial charge in [-0.05, 0) is 29.3 Å². The number of fused-ring (bicyclic) bond motifs is 3. The molecular formula is C20H14ClNO3. The Morgan fingerprint density at radius 1 is 1.08 bits per heavy atom. The number of hydrogen-bond donors (Lipinski definition) is 0. The zero-order chi connectivity index (χ0) is 17.6. The summed E-state index contributed by atoms with van der Waals surface area (Å²) < 4.78 is 6.57. The highest BCUT2D eigenvalue weighted by atomic mass is 35.5. The number of ether oxygens (including phenoxy) is 1. The van der Waals surface area contributed by atoms with Crippen molar-refractivity contribution in [3.8, 4) is 22.4 Å². The van der Waals surface area contributed by atoms with Gasteiger partial charge in [-0.1, -0.05) is 48.0 Å². The van der Waals surface area contributed by atoms with Crippen LogP contribution in [0.15, 0.2) is 59.4 Å². The first-order chi connectivity index (χ1) is 12.1. The number of esters is 1. The van der Waals surface area contributed by atoms with Crippen molar-refractivity contribution >= 4 is 17.6 Å². The molecule has 4 nitrogen and oxygen atoms in total. The first-order valence-corrected chi connectivity index (χ1v) is 8.18. The van der Waals surface area contributed by atoms with Crippen LogP contribution in [-0.4, -0.2) is 17.6 Å². The lowest BCUT2D eigenvalue weighted by atomic mass is 10.00. The van der Waals surface area contributed by atoms with E-state index in [1.54, 1.807) is 22.8 Å². The van der Waals surface area contributed by atoms with E-state index in [9.17, 15) is 9.59 Å². The van der Waals surface area contributed by atoms with Crippen LogP contribution in [0.25, 0.3) is 22.4 Å². The molecule has 0 N–H and O–H groups in total. The lowest BCUT2D eigenvalue weighted by molar-refractivity contribution is 0.0601. The average molecular weight is 352 g/mol. The van der Waals surface area contributed by atoms with Crippen molar-refractivity contribution < 1.29 is 9.53 Å². The Morgan fingerprint density at radius 2 is 1.84 bits per heavy atom. The minimum Gasteiger partial charge on any atom is -0.465 e. The monoisotopic (exact) mass is 351 g/mol. The number of carbonyl (C=O) groups is 1. The van der Waals surface area contributed by atoms with Crippen molar-refractivity contribution in [2.45, 2.75) is 6.54 Å². The smallest absolute Gasteiger partial charge is 0.340 e. The first-order valence-electron chi connectivity index (χ1n) is 7.80. The molecule has 3 aromatic rings. The fourth-order valence-corrected chi connectivity index (χ4v) is 3.45. The van der Waals surface area contributed by atoms with Crippen LogP contribution < -0.4 is 5.56 Å². The fourth-order valence-electron chi connectivity index (χ4n) is 3.28. The molecule has 0 radical (unpaired) electrons. The molecule has 0 unspecified atom stereocenters. The molecule has 0 saturated carbocycles. The maximum Gasteiger partial charge on any atom is 0.340 e. The van der Waals surface area contributed by atoms with Crippen LogP contribution in [0.5, 0.6) is 0 Å². The van der Waals surface area contributed by atoms with Crippen LogP contribution in [0.4, 0.5) is 0 Å². The van der Waals surface area contributed by atoms with Gasteiger partial charge in [0, 0.05) is 16.1 Å². The minimum absolute atomic E-state index is 0.138. The number of hydrogen-bond acceptors (Lipinski definition) is 3. The summed E-state index contributed by atoms with van der Waals surface area (Å²) in [5.41, 5.74) is 3.78. The Kier molecular flexibility index (Phi) is 3.70. The number of pyridine rings is 1. The topological polar surface area (TPSA) is 48.3 Å². The molecular weight excluding hydrogens is 338 g/mol. The van der Waals surface area contributed by atoms with E-state index in [4.69, 9.17) is 16.3 Å². The lowest BCUT2D eigenvalue weighted by Gasteiger charge is -2.12. The largest absolute Gasteiger partial charge is 0.465 e. The van der Waals surface area contributed by atoms with E-state index in [2.05, 4.69) is 0 Å². The molecule has 4 rings (SSSR count). The third kappa shape index (κ3) is 2.46. The molecule has 0 spiro atoms. The molecule has 124 valence electrons. The van der Waals surface area contributed by atoms with E-state index in [0.29, 0.717) is 28.4 Å². The number of carbonyl (C=O) groups excluding carboxylic acids is 1. The highest BCUT2D eigenvalue weighted by Gasteiger charge is 2.28. The molecule has 0 aliphatic carbocycles. The summed E-state index contributed by atoms with van der Waals surface area (Å²) in [5.74, 6) is -0.478. The third-order valence-corrected chi connectivity index (χ3v) is 4.67. The van der Waals surface area contributed by atoms with Gasteiger partial charge < -0.3 is 9.30 Å². The second-order valence-electron chi connectivity index (χ2n) is 5.87. The first kappa shape index (κ1) is 15.7. The summed E-state index contributed by atoms with van der Waals surface area (Å²) in [4.78, 5) is 25.4. The molecule has 0 saturated heterocycles. The average Bonchev–Trinajstić information content (AvgIpc) is 3.01. The van der Waals surface area contributed by atoms with E-state index in [1.807, 2.05) is 36.4 Å². The lowest BCUT2D eigenvalue weighted by Crippen LogP contribution is -2.23. The number of aromatic nitrogens is 1. The van der Waals surface area contributed by atoms with E-state index in [0.717, 1.165) is 16.7 Å². The van der Waals surface area contributed by atoms with Crippen LogP contribution in [0.1, 0.15) is 15.9 Å². The second kappa shape index (κ2) is 5.90. The molecule has 0 bridgehead atoms. The fraction of sp³-hybridized carbons (Fsp3) is 0.100. The van der Waals surface area contributed by atoms with Gasteiger partial charge in [-0.2, -0.15) is 0 Å². The maximum atomic E-state index is 13.1. The van der Waals surface area contributed by atoms with Crippen molar-refractivity contribution in [1.82, 2.24) is 4.57 Å². The van der Waals surface area contributed by atoms with Crippen molar-refractivity contribution in [2.75, 3.05) is 7.11 Å². The predicted molar refractivity (Wildman–Crippen MR) is 97.0 cm³/mol. The standard InChI is InChI=1S/C20H14ClNO3/c1-25-20(24)17-10-16(12-5-3-2-4-6-12)19(23)22-11-13-7-8-14(21)9-15(13)18(17)22/h2-10H,11H2,1H3. The van der Waals surface area contributed by atoms with Gasteiger partial charge in [0.05, 0.1) is 24.9 Å².